The van der Waals surface area contributed by atoms with E-state index in [0.29, 0.717) is 41.3 Å². The average molecular weight is 681 g/mol. The number of aromatic amines is 2. The van der Waals surface area contributed by atoms with Crippen LogP contribution in [0.4, 0.5) is 0 Å². The van der Waals surface area contributed by atoms with Crippen LogP contribution in [0.15, 0.2) is 24.8 Å². The molecule has 264 valence electrons. The van der Waals surface area contributed by atoms with Crippen LogP contribution < -0.4 is 10.6 Å². The summed E-state index contributed by atoms with van der Waals surface area (Å²) < 4.78 is 0. The Bertz CT molecular complexity index is 2050. The summed E-state index contributed by atoms with van der Waals surface area (Å²) >= 11 is 0. The Hall–Kier alpha value is -5.03. The lowest BCUT2D eigenvalue weighted by Crippen LogP contribution is -2.33. The molecule has 5 heterocycles. The van der Waals surface area contributed by atoms with Gasteiger partial charge in [-0.3, -0.25) is 14.6 Å². The Balaban J connectivity index is 1.91. The second-order valence-electron chi connectivity index (χ2n) is 13.2. The van der Waals surface area contributed by atoms with Crippen molar-refractivity contribution >= 4 is 57.1 Å². The Morgan fingerprint density at radius 3 is 2.30 bits per heavy atom. The fourth-order valence-electron chi connectivity index (χ4n) is 7.19. The smallest absolute Gasteiger partial charge is 0.338 e. The molecule has 2 unspecified atom stereocenters. The van der Waals surface area contributed by atoms with Gasteiger partial charge in [0.1, 0.15) is 0 Å². The minimum atomic E-state index is -1.16. The van der Waals surface area contributed by atoms with E-state index in [0.717, 1.165) is 63.7 Å². The third-order valence-electron chi connectivity index (χ3n) is 10.0. The molecule has 5 rings (SSSR count). The maximum absolute atomic E-state index is 13.6. The van der Waals surface area contributed by atoms with Crippen LogP contribution in [0.5, 0.6) is 0 Å². The van der Waals surface area contributed by atoms with Crippen molar-refractivity contribution in [3.05, 3.63) is 75.4 Å². The van der Waals surface area contributed by atoms with E-state index in [-0.39, 0.29) is 42.4 Å². The highest BCUT2D eigenvalue weighted by molar-refractivity contribution is 6.24. The number of hydrogen-bond donors (Lipinski definition) is 6. The molecule has 0 aliphatic carbocycles. The number of aliphatic carboxylic acids is 2. The van der Waals surface area contributed by atoms with Crippen LogP contribution in [0.25, 0.3) is 39.3 Å². The van der Waals surface area contributed by atoms with Gasteiger partial charge in [0.05, 0.1) is 29.1 Å². The summed E-state index contributed by atoms with van der Waals surface area (Å²) in [6, 6.07) is 5.91. The minimum absolute atomic E-state index is 0.00548. The van der Waals surface area contributed by atoms with E-state index in [1.807, 2.05) is 32.1 Å². The molecule has 0 saturated heterocycles. The number of carboxylic acid groups (broad SMARTS) is 2. The number of fused-ring (bicyclic) bond motifs is 8. The van der Waals surface area contributed by atoms with Gasteiger partial charge >= 0.3 is 11.9 Å². The Labute approximate surface area is 292 Å². The zero-order valence-electron chi connectivity index (χ0n) is 29.8. The third-order valence-corrected chi connectivity index (χ3v) is 10.0. The molecule has 6 N–H and O–H groups in total. The molecule has 0 aromatic carbocycles. The van der Waals surface area contributed by atoms with Gasteiger partial charge in [0.2, 0.25) is 5.91 Å². The molecule has 0 saturated carbocycles. The van der Waals surface area contributed by atoms with Gasteiger partial charge in [-0.15, -0.1) is 0 Å². The Kier molecular flexibility index (Phi) is 11.1. The molecular formula is C39H48N6O5. The molecule has 0 spiro atoms. The number of aryl methyl sites for hydroxylation is 3. The number of hydrogen-bond acceptors (Lipinski definition) is 6. The van der Waals surface area contributed by atoms with Crippen molar-refractivity contribution in [1.29, 1.82) is 0 Å². The number of H-pyrrole nitrogens is 2. The molecule has 0 radical (unpaired) electrons. The molecule has 2 aliphatic rings. The van der Waals surface area contributed by atoms with E-state index >= 15 is 0 Å². The van der Waals surface area contributed by atoms with Crippen molar-refractivity contribution in [2.24, 2.45) is 0 Å². The fraction of sp³-hybridized carbons (Fsp3) is 0.410. The van der Waals surface area contributed by atoms with Crippen molar-refractivity contribution in [1.82, 2.24) is 30.6 Å². The predicted octanol–water partition coefficient (Wildman–Crippen LogP) is 6.56. The average Bonchev–Trinajstić information content (AvgIpc) is 3.75. The SMILES string of the molecule is C=Cc1c(C)c2cc3nc(c(CC(=O)NCCNCCC)c4nc(cc5[nH]c(cc1[nH]2)c(C)c5CC)C(C)=C4C(=O)O)C(CCC(=O)O)C3C. The molecule has 50 heavy (non-hydrogen) atoms. The molecule has 3 aromatic heterocycles. The lowest BCUT2D eigenvalue weighted by Gasteiger charge is -2.18. The fourth-order valence-corrected chi connectivity index (χ4v) is 7.19. The first-order chi connectivity index (χ1) is 23.9. The lowest BCUT2D eigenvalue weighted by molar-refractivity contribution is -0.137. The highest BCUT2D eigenvalue weighted by Crippen LogP contribution is 2.43. The Morgan fingerprint density at radius 1 is 0.920 bits per heavy atom. The molecular weight excluding hydrogens is 632 g/mol. The van der Waals surface area contributed by atoms with E-state index in [4.69, 9.17) is 9.97 Å². The van der Waals surface area contributed by atoms with Crippen molar-refractivity contribution in [2.75, 3.05) is 19.6 Å². The van der Waals surface area contributed by atoms with Crippen molar-refractivity contribution < 1.29 is 24.6 Å². The Morgan fingerprint density at radius 2 is 1.64 bits per heavy atom. The van der Waals surface area contributed by atoms with Crippen LogP contribution in [0.3, 0.4) is 0 Å². The van der Waals surface area contributed by atoms with Crippen LogP contribution in [0.1, 0.15) is 109 Å². The molecule has 2 atom stereocenters. The number of rotatable bonds is 13. The number of amides is 1. The number of carbonyl (C=O) groups excluding carboxylic acids is 1. The largest absolute Gasteiger partial charge is 0.481 e. The van der Waals surface area contributed by atoms with Gasteiger partial charge in [-0.2, -0.15) is 0 Å². The summed E-state index contributed by atoms with van der Waals surface area (Å²) in [6.45, 7) is 17.9. The maximum atomic E-state index is 13.6. The molecule has 11 heteroatoms. The van der Waals surface area contributed by atoms with E-state index in [1.54, 1.807) is 6.92 Å². The van der Waals surface area contributed by atoms with E-state index in [2.05, 4.69) is 54.0 Å². The molecule has 11 nitrogen and oxygen atoms in total. The van der Waals surface area contributed by atoms with Crippen LogP contribution >= 0.6 is 0 Å². The normalized spacial score (nSPS) is 15.7. The van der Waals surface area contributed by atoms with Crippen molar-refractivity contribution in [3.8, 4) is 0 Å². The maximum Gasteiger partial charge on any atom is 0.338 e. The van der Waals surface area contributed by atoms with Gasteiger partial charge < -0.3 is 30.8 Å². The number of nitrogens with one attached hydrogen (secondary N) is 4. The van der Waals surface area contributed by atoms with Gasteiger partial charge in [-0.05, 0) is 87.0 Å². The summed E-state index contributed by atoms with van der Waals surface area (Å²) in [6.07, 6.45) is 3.51. The summed E-state index contributed by atoms with van der Waals surface area (Å²) in [5, 5.41) is 26.5. The van der Waals surface area contributed by atoms with Crippen LogP contribution in [0.2, 0.25) is 0 Å². The first kappa shape index (κ1) is 36.3. The zero-order chi connectivity index (χ0) is 36.3. The number of allylic oxidation sites excluding steroid dienone is 1. The summed E-state index contributed by atoms with van der Waals surface area (Å²) in [5.74, 6) is -3.02. The highest BCUT2D eigenvalue weighted by atomic mass is 16.4. The third kappa shape index (κ3) is 7.14. The van der Waals surface area contributed by atoms with Crippen LogP contribution in [-0.2, 0) is 27.2 Å². The van der Waals surface area contributed by atoms with Gasteiger partial charge in [-0.1, -0.05) is 33.4 Å². The summed E-state index contributed by atoms with van der Waals surface area (Å²) in [4.78, 5) is 55.6. The predicted molar refractivity (Wildman–Crippen MR) is 198 cm³/mol. The van der Waals surface area contributed by atoms with E-state index in [1.165, 1.54) is 0 Å². The molecule has 1 amide bonds. The standard InChI is InChI=1S/C39H48N6O5/c1-8-13-40-14-15-41-34(46)16-27-37-26(11-12-35(47)48)22(6)30(44-37)17-28-20(4)24(9-2)32(42-28)18-29-21(5)25(10-3)33(43-29)19-31-23(7)36(39(49)50)38(27)45-31/h9,17-19,22,26,40,42-43H,2,8,10-16H2,1,3-7H3,(H,41,46)(H,47,48)(H,49,50). The number of aromatic nitrogens is 4. The zero-order valence-corrected chi connectivity index (χ0v) is 29.8. The first-order valence-electron chi connectivity index (χ1n) is 17.4. The van der Waals surface area contributed by atoms with Gasteiger partial charge in [-0.25, -0.2) is 9.78 Å². The van der Waals surface area contributed by atoms with Crippen molar-refractivity contribution in [3.63, 3.8) is 0 Å². The molecule has 0 fully saturated rings. The highest BCUT2D eigenvalue weighted by Gasteiger charge is 2.35. The van der Waals surface area contributed by atoms with E-state index < -0.39 is 17.9 Å². The molecule has 3 aromatic rings. The molecule has 2 aliphatic heterocycles. The van der Waals surface area contributed by atoms with Crippen LogP contribution in [-0.4, -0.2) is 67.6 Å². The first-order valence-corrected chi connectivity index (χ1v) is 17.4. The topological polar surface area (TPSA) is 173 Å². The van der Waals surface area contributed by atoms with Crippen molar-refractivity contribution in [2.45, 2.75) is 85.5 Å². The summed E-state index contributed by atoms with van der Waals surface area (Å²) in [5.41, 5.74) is 10.3. The second kappa shape index (κ2) is 15.2. The number of carbonyl (C=O) groups is 3. The van der Waals surface area contributed by atoms with E-state index in [9.17, 15) is 24.6 Å². The number of nitrogens with zero attached hydrogens (tertiary/aromatic N) is 2. The second-order valence-corrected chi connectivity index (χ2v) is 13.2. The van der Waals surface area contributed by atoms with Crippen LogP contribution in [0, 0.1) is 13.8 Å². The monoisotopic (exact) mass is 680 g/mol. The van der Waals surface area contributed by atoms with Gasteiger partial charge in [0, 0.05) is 70.2 Å². The number of carboxylic acids is 2. The quantitative estimate of drug-likeness (QED) is 0.110. The minimum Gasteiger partial charge on any atom is -0.481 e. The van der Waals surface area contributed by atoms with Gasteiger partial charge in [0.15, 0.2) is 0 Å². The van der Waals surface area contributed by atoms with Gasteiger partial charge in [0.25, 0.3) is 0 Å². The summed E-state index contributed by atoms with van der Waals surface area (Å²) in [7, 11) is 0. The lowest BCUT2D eigenvalue weighted by atomic mass is 9.84. The molecule has 8 bridgehead atoms.